The second kappa shape index (κ2) is 5.54. The van der Waals surface area contributed by atoms with Gasteiger partial charge >= 0.3 is 0 Å². The number of rotatable bonds is 6. The van der Waals surface area contributed by atoms with Crippen LogP contribution in [0, 0.1) is 5.92 Å². The lowest BCUT2D eigenvalue weighted by Gasteiger charge is -2.55. The van der Waals surface area contributed by atoms with Gasteiger partial charge in [0, 0.05) is 4.85 Å². The largest absolute Gasteiger partial charge is 0.418 e. The third-order valence-corrected chi connectivity index (χ3v) is 14.9. The van der Waals surface area contributed by atoms with Crippen LogP contribution in [-0.4, -0.2) is 29.3 Å². The third kappa shape index (κ3) is 4.62. The molecule has 0 saturated carbocycles. The molecule has 0 heterocycles. The molecule has 0 saturated heterocycles. The first-order chi connectivity index (χ1) is 7.62. The van der Waals surface area contributed by atoms with Crippen LogP contribution in [0.25, 0.3) is 0 Å². The molecule has 0 aliphatic carbocycles. The summed E-state index contributed by atoms with van der Waals surface area (Å²) in [6.07, 6.45) is 1.25. The van der Waals surface area contributed by atoms with Gasteiger partial charge in [0.15, 0.2) is 8.32 Å². The van der Waals surface area contributed by atoms with E-state index in [0.29, 0.717) is 0 Å². The molecule has 110 valence electrons. The molecule has 0 amide bonds. The zero-order valence-corrected chi connectivity index (χ0v) is 17.7. The smallest absolute Gasteiger partial charge is 0.183 e. The van der Waals surface area contributed by atoms with Crippen LogP contribution in [0.1, 0.15) is 20.3 Å². The van der Waals surface area contributed by atoms with Crippen LogP contribution < -0.4 is 0 Å². The van der Waals surface area contributed by atoms with Gasteiger partial charge in [-0.25, -0.2) is 0 Å². The van der Waals surface area contributed by atoms with Crippen LogP contribution in [0.15, 0.2) is 0 Å². The van der Waals surface area contributed by atoms with Gasteiger partial charge in [-0.1, -0.05) is 53.1 Å². The molecule has 0 bridgehead atoms. The van der Waals surface area contributed by atoms with Gasteiger partial charge in [-0.2, -0.15) is 0 Å². The predicted molar refractivity (Wildman–Crippen MR) is 93.3 cm³/mol. The van der Waals surface area contributed by atoms with Gasteiger partial charge in [-0.05, 0) is 32.0 Å². The van der Waals surface area contributed by atoms with Crippen molar-refractivity contribution in [3.63, 3.8) is 0 Å². The summed E-state index contributed by atoms with van der Waals surface area (Å²) in [6, 6.07) is 0. The maximum Gasteiger partial charge on any atom is 0.183 e. The summed E-state index contributed by atoms with van der Waals surface area (Å²) in [7, 11) is -4.25. The molecule has 0 aromatic carbocycles. The second-order valence-electron chi connectivity index (χ2n) is 9.14. The van der Waals surface area contributed by atoms with Gasteiger partial charge in [0.25, 0.3) is 0 Å². The maximum atomic E-state index is 6.93. The molecule has 0 atom stereocenters. The average Bonchev–Trinajstić information content (AvgIpc) is 1.93. The minimum Gasteiger partial charge on any atom is -0.418 e. The lowest BCUT2D eigenvalue weighted by molar-refractivity contribution is 0.179. The number of hydrogen-bond acceptors (Lipinski definition) is 1. The van der Waals surface area contributed by atoms with E-state index in [1.165, 1.54) is 6.42 Å². The first-order valence-corrected chi connectivity index (χ1v) is 17.7. The molecule has 0 aliphatic heterocycles. The van der Waals surface area contributed by atoms with Crippen molar-refractivity contribution in [1.82, 2.24) is 0 Å². The van der Waals surface area contributed by atoms with Crippen molar-refractivity contribution in [1.29, 1.82) is 0 Å². The maximum absolute atomic E-state index is 6.93. The van der Waals surface area contributed by atoms with Gasteiger partial charge in [-0.15, -0.1) is 0 Å². The summed E-state index contributed by atoms with van der Waals surface area (Å²) in [5, 5.41) is 0. The Morgan fingerprint density at radius 3 is 1.28 bits per heavy atom. The van der Waals surface area contributed by atoms with Crippen LogP contribution in [0.5, 0.6) is 0 Å². The van der Waals surface area contributed by atoms with E-state index in [9.17, 15) is 0 Å². The highest BCUT2D eigenvalue weighted by molar-refractivity contribution is 6.99. The highest BCUT2D eigenvalue weighted by Crippen LogP contribution is 2.41. The summed E-state index contributed by atoms with van der Waals surface area (Å²) >= 11 is 0. The second-order valence-corrected chi connectivity index (χ2v) is 24.7. The fourth-order valence-corrected chi connectivity index (χ4v) is 19.6. The summed E-state index contributed by atoms with van der Waals surface area (Å²) < 4.78 is 6.93. The quantitative estimate of drug-likeness (QED) is 0.599. The lowest BCUT2D eigenvalue weighted by Crippen LogP contribution is -2.70. The Hall–Kier alpha value is 0.611. The van der Waals surface area contributed by atoms with Crippen molar-refractivity contribution in [2.75, 3.05) is 0 Å². The van der Waals surface area contributed by atoms with Crippen LogP contribution in [0.4, 0.5) is 0 Å². The topological polar surface area (TPSA) is 9.23 Å². The molecule has 1 nitrogen and oxygen atoms in total. The lowest BCUT2D eigenvalue weighted by atomic mass is 10.1. The van der Waals surface area contributed by atoms with Gasteiger partial charge < -0.3 is 4.43 Å². The van der Waals surface area contributed by atoms with Gasteiger partial charge in [0.1, 0.15) is 0 Å². The van der Waals surface area contributed by atoms with Crippen LogP contribution in [-0.2, 0) is 4.43 Å². The van der Waals surface area contributed by atoms with E-state index in [4.69, 9.17) is 4.43 Å². The Morgan fingerprint density at radius 2 is 1.11 bits per heavy atom. The van der Waals surface area contributed by atoms with E-state index in [1.807, 2.05) is 0 Å². The monoisotopic (exact) mass is 304 g/mol. The Kier molecular flexibility index (Phi) is 5.73. The standard InChI is InChI=1S/C14H36OSi3/c1-13(2)12-14(16(3,4)5,17(6,7)8)15-18(9,10)11/h13H,12H2,1-11H3. The molecule has 0 N–H and O–H groups in total. The van der Waals surface area contributed by atoms with Crippen molar-refractivity contribution in [2.24, 2.45) is 5.92 Å². The molecule has 0 spiro atoms. The van der Waals surface area contributed by atoms with Crippen molar-refractivity contribution in [2.45, 2.75) is 84.0 Å². The van der Waals surface area contributed by atoms with Gasteiger partial charge in [0.05, 0.1) is 16.1 Å². The van der Waals surface area contributed by atoms with Crippen LogP contribution in [0.3, 0.4) is 0 Å². The average molecular weight is 305 g/mol. The van der Waals surface area contributed by atoms with E-state index >= 15 is 0 Å². The zero-order valence-electron chi connectivity index (χ0n) is 14.7. The predicted octanol–water partition coefficient (Wildman–Crippen LogP) is 5.38. The van der Waals surface area contributed by atoms with E-state index in [0.717, 1.165) is 5.92 Å². The van der Waals surface area contributed by atoms with E-state index in [2.05, 4.69) is 72.8 Å². The van der Waals surface area contributed by atoms with E-state index in [-0.39, 0.29) is 4.85 Å². The summed E-state index contributed by atoms with van der Waals surface area (Å²) in [4.78, 5) is 0.221. The summed E-state index contributed by atoms with van der Waals surface area (Å²) in [5.41, 5.74) is 0. The molecule has 0 radical (unpaired) electrons. The summed E-state index contributed by atoms with van der Waals surface area (Å²) in [6.45, 7) is 26.8. The molecule has 0 aromatic heterocycles. The fourth-order valence-electron chi connectivity index (χ4n) is 3.18. The van der Waals surface area contributed by atoms with Crippen molar-refractivity contribution >= 4 is 24.5 Å². The molecule has 0 rings (SSSR count). The minimum atomic E-state index is -1.51. The van der Waals surface area contributed by atoms with Gasteiger partial charge in [-0.3, -0.25) is 0 Å². The molecule has 4 heteroatoms. The molecule has 0 aromatic rings. The normalized spacial score (nSPS) is 15.3. The molecule has 18 heavy (non-hydrogen) atoms. The molecule has 0 unspecified atom stereocenters. The van der Waals surface area contributed by atoms with Crippen LogP contribution >= 0.6 is 0 Å². The Bertz CT molecular complexity index is 252. The molecular formula is C14H36OSi3. The Labute approximate surface area is 119 Å². The summed E-state index contributed by atoms with van der Waals surface area (Å²) in [5.74, 6) is 0.722. The molecule has 0 aliphatic rings. The molecular weight excluding hydrogens is 268 g/mol. The van der Waals surface area contributed by atoms with Gasteiger partial charge in [0.2, 0.25) is 0 Å². The zero-order chi connectivity index (χ0) is 15.0. The molecule has 0 fully saturated rings. The van der Waals surface area contributed by atoms with E-state index < -0.39 is 24.5 Å². The first kappa shape index (κ1) is 18.6. The van der Waals surface area contributed by atoms with E-state index in [1.54, 1.807) is 0 Å². The van der Waals surface area contributed by atoms with Crippen molar-refractivity contribution < 1.29 is 4.43 Å². The minimum absolute atomic E-state index is 0.221. The SMILES string of the molecule is CC(C)CC(O[Si](C)(C)C)([Si](C)(C)C)[Si](C)(C)C. The van der Waals surface area contributed by atoms with Crippen molar-refractivity contribution in [3.8, 4) is 0 Å². The van der Waals surface area contributed by atoms with Crippen LogP contribution in [0.2, 0.25) is 58.9 Å². The third-order valence-electron chi connectivity index (χ3n) is 3.60. The highest BCUT2D eigenvalue weighted by atomic mass is 28.4. The number of hydrogen-bond donors (Lipinski definition) is 0. The highest BCUT2D eigenvalue weighted by Gasteiger charge is 2.55. The fraction of sp³-hybridized carbons (Fsp3) is 1.00. The Morgan fingerprint density at radius 1 is 0.778 bits per heavy atom. The van der Waals surface area contributed by atoms with Crippen molar-refractivity contribution in [3.05, 3.63) is 0 Å². The Balaban J connectivity index is 5.73. The first-order valence-electron chi connectivity index (χ1n) is 7.32.